The molecule has 188 valence electrons. The summed E-state index contributed by atoms with van der Waals surface area (Å²) in [5, 5.41) is 3.98. The second-order valence-corrected chi connectivity index (χ2v) is 9.63. The topological polar surface area (TPSA) is 97.3 Å². The van der Waals surface area contributed by atoms with Crippen molar-refractivity contribution in [1.29, 1.82) is 0 Å². The summed E-state index contributed by atoms with van der Waals surface area (Å²) in [7, 11) is -2.36. The maximum absolute atomic E-state index is 13.2. The van der Waals surface area contributed by atoms with E-state index >= 15 is 0 Å². The molecule has 0 spiro atoms. The van der Waals surface area contributed by atoms with E-state index in [1.54, 1.807) is 42.5 Å². The molecule has 0 atom stereocenters. The highest BCUT2D eigenvalue weighted by atomic mass is 32.2. The van der Waals surface area contributed by atoms with E-state index in [0.717, 1.165) is 9.87 Å². The zero-order chi connectivity index (χ0) is 25.8. The molecule has 0 aliphatic heterocycles. The summed E-state index contributed by atoms with van der Waals surface area (Å²) in [5.41, 5.74) is 4.04. The normalized spacial score (nSPS) is 11.4. The Morgan fingerprint density at radius 3 is 2.39 bits per heavy atom. The van der Waals surface area contributed by atoms with Gasteiger partial charge in [-0.25, -0.2) is 13.8 Å². The first-order valence-corrected chi connectivity index (χ1v) is 12.7. The molecular formula is C27H29N3O5S. The molecule has 0 saturated heterocycles. The Morgan fingerprint density at radius 1 is 1.03 bits per heavy atom. The van der Waals surface area contributed by atoms with Crippen LogP contribution in [0, 0.1) is 0 Å². The number of ether oxygens (including phenoxy) is 2. The number of hydrogen-bond acceptors (Lipinski definition) is 6. The highest BCUT2D eigenvalue weighted by Crippen LogP contribution is 2.27. The highest BCUT2D eigenvalue weighted by molar-refractivity contribution is 7.89. The summed E-state index contributed by atoms with van der Waals surface area (Å²) >= 11 is 0. The average Bonchev–Trinajstić information content (AvgIpc) is 2.91. The lowest BCUT2D eigenvalue weighted by Gasteiger charge is -2.21. The van der Waals surface area contributed by atoms with Crippen molar-refractivity contribution < 1.29 is 22.7 Å². The molecule has 0 aliphatic carbocycles. The fraction of sp³-hybridized carbons (Fsp3) is 0.185. The Balaban J connectivity index is 1.69. The smallest absolute Gasteiger partial charge is 0.255 e. The van der Waals surface area contributed by atoms with Crippen LogP contribution in [0.25, 0.3) is 0 Å². The zero-order valence-corrected chi connectivity index (χ0v) is 20.9. The van der Waals surface area contributed by atoms with Crippen molar-refractivity contribution >= 4 is 22.1 Å². The van der Waals surface area contributed by atoms with Gasteiger partial charge < -0.3 is 9.47 Å². The number of amides is 1. The highest BCUT2D eigenvalue weighted by Gasteiger charge is 2.26. The molecule has 1 N–H and O–H groups in total. The first kappa shape index (κ1) is 26.7. The SMILES string of the molecule is C=CCOc1ccc(/C=N\NC(=O)CN(CCc2ccccc2)S(=O)(=O)c2ccccc2)cc1OC. The fourth-order valence-corrected chi connectivity index (χ4v) is 4.75. The van der Waals surface area contributed by atoms with E-state index in [9.17, 15) is 13.2 Å². The quantitative estimate of drug-likeness (QED) is 0.216. The Hall–Kier alpha value is -3.95. The lowest BCUT2D eigenvalue weighted by Crippen LogP contribution is -2.40. The van der Waals surface area contributed by atoms with E-state index in [-0.39, 0.29) is 18.0 Å². The van der Waals surface area contributed by atoms with Gasteiger partial charge in [-0.3, -0.25) is 4.79 Å². The van der Waals surface area contributed by atoms with Crippen LogP contribution in [0.3, 0.4) is 0 Å². The molecule has 36 heavy (non-hydrogen) atoms. The first-order chi connectivity index (χ1) is 17.4. The number of sulfonamides is 1. The van der Waals surface area contributed by atoms with Crippen LogP contribution in [0.15, 0.2) is 102 Å². The summed E-state index contributed by atoms with van der Waals surface area (Å²) in [5.74, 6) is 0.503. The van der Waals surface area contributed by atoms with Crippen molar-refractivity contribution in [2.45, 2.75) is 11.3 Å². The molecule has 0 heterocycles. The monoisotopic (exact) mass is 507 g/mol. The summed E-state index contributed by atoms with van der Waals surface area (Å²) < 4.78 is 38.5. The standard InChI is InChI=1S/C27H29N3O5S/c1-3-18-35-25-15-14-23(19-26(25)34-2)20-28-29-27(31)21-30(17-16-22-10-6-4-7-11-22)36(32,33)24-12-8-5-9-13-24/h3-15,19-20H,1,16-18,21H2,2H3,(H,29,31)/b28-20-. The van der Waals surface area contributed by atoms with E-state index in [0.29, 0.717) is 30.1 Å². The zero-order valence-electron chi connectivity index (χ0n) is 20.0. The number of nitrogens with one attached hydrogen (secondary N) is 1. The molecule has 0 saturated carbocycles. The molecule has 0 aliphatic rings. The Morgan fingerprint density at radius 2 is 1.72 bits per heavy atom. The van der Waals surface area contributed by atoms with Crippen LogP contribution in [-0.4, -0.2) is 51.7 Å². The summed E-state index contributed by atoms with van der Waals surface area (Å²) in [4.78, 5) is 12.8. The third kappa shape index (κ3) is 7.53. The van der Waals surface area contributed by atoms with E-state index in [4.69, 9.17) is 9.47 Å². The lowest BCUT2D eigenvalue weighted by molar-refractivity contribution is -0.121. The van der Waals surface area contributed by atoms with Crippen LogP contribution in [0.5, 0.6) is 11.5 Å². The van der Waals surface area contributed by atoms with Gasteiger partial charge in [0, 0.05) is 6.54 Å². The molecule has 3 aromatic rings. The van der Waals surface area contributed by atoms with Gasteiger partial charge in [0.25, 0.3) is 5.91 Å². The van der Waals surface area contributed by atoms with Gasteiger partial charge in [0.1, 0.15) is 6.61 Å². The van der Waals surface area contributed by atoms with Crippen LogP contribution in [0.2, 0.25) is 0 Å². The van der Waals surface area contributed by atoms with Crippen molar-refractivity contribution in [2.75, 3.05) is 26.8 Å². The van der Waals surface area contributed by atoms with E-state index < -0.39 is 15.9 Å². The second-order valence-electron chi connectivity index (χ2n) is 7.69. The summed E-state index contributed by atoms with van der Waals surface area (Å²) in [6, 6.07) is 22.7. The van der Waals surface area contributed by atoms with Gasteiger partial charge in [-0.15, -0.1) is 0 Å². The molecule has 0 bridgehead atoms. The van der Waals surface area contributed by atoms with Crippen LogP contribution in [0.4, 0.5) is 0 Å². The van der Waals surface area contributed by atoms with Crippen molar-refractivity contribution in [3.8, 4) is 11.5 Å². The van der Waals surface area contributed by atoms with Crippen molar-refractivity contribution in [2.24, 2.45) is 5.10 Å². The van der Waals surface area contributed by atoms with Crippen LogP contribution < -0.4 is 14.9 Å². The minimum absolute atomic E-state index is 0.125. The van der Waals surface area contributed by atoms with E-state index in [1.807, 2.05) is 30.3 Å². The molecule has 0 radical (unpaired) electrons. The number of methoxy groups -OCH3 is 1. The van der Waals surface area contributed by atoms with Gasteiger partial charge >= 0.3 is 0 Å². The lowest BCUT2D eigenvalue weighted by atomic mass is 10.1. The molecule has 8 nitrogen and oxygen atoms in total. The number of nitrogens with zero attached hydrogens (tertiary/aromatic N) is 2. The molecule has 0 unspecified atom stereocenters. The number of carbonyl (C=O) groups excluding carboxylic acids is 1. The second kappa shape index (κ2) is 13.2. The number of hydrogen-bond donors (Lipinski definition) is 1. The Labute approximate surface area is 211 Å². The van der Waals surface area contributed by atoms with Gasteiger partial charge in [0.2, 0.25) is 10.0 Å². The minimum atomic E-state index is -3.88. The fourth-order valence-electron chi connectivity index (χ4n) is 3.33. The third-order valence-corrected chi connectivity index (χ3v) is 7.00. The van der Waals surface area contributed by atoms with E-state index in [2.05, 4.69) is 17.1 Å². The van der Waals surface area contributed by atoms with Gasteiger partial charge in [0.15, 0.2) is 11.5 Å². The maximum Gasteiger partial charge on any atom is 0.255 e. The van der Waals surface area contributed by atoms with Crippen LogP contribution in [0.1, 0.15) is 11.1 Å². The van der Waals surface area contributed by atoms with Gasteiger partial charge in [0.05, 0.1) is 24.8 Å². The number of rotatable bonds is 13. The Bertz CT molecular complexity index is 1280. The predicted octanol–water partition coefficient (Wildman–Crippen LogP) is 3.64. The summed E-state index contributed by atoms with van der Waals surface area (Å²) in [6.45, 7) is 3.72. The molecule has 9 heteroatoms. The van der Waals surface area contributed by atoms with Crippen LogP contribution in [-0.2, 0) is 21.2 Å². The molecule has 3 aromatic carbocycles. The molecule has 3 rings (SSSR count). The van der Waals surface area contributed by atoms with Crippen molar-refractivity contribution in [3.63, 3.8) is 0 Å². The maximum atomic E-state index is 13.2. The van der Waals surface area contributed by atoms with E-state index in [1.165, 1.54) is 25.5 Å². The van der Waals surface area contributed by atoms with Gasteiger partial charge in [-0.1, -0.05) is 61.2 Å². The minimum Gasteiger partial charge on any atom is -0.493 e. The Kier molecular flexibility index (Phi) is 9.79. The largest absolute Gasteiger partial charge is 0.493 e. The average molecular weight is 508 g/mol. The number of hydrazone groups is 1. The predicted molar refractivity (Wildman–Crippen MR) is 140 cm³/mol. The van der Waals surface area contributed by atoms with Crippen LogP contribution >= 0.6 is 0 Å². The summed E-state index contributed by atoms with van der Waals surface area (Å²) in [6.07, 6.45) is 3.53. The molecule has 1 amide bonds. The van der Waals surface area contributed by atoms with Crippen molar-refractivity contribution in [3.05, 3.63) is 103 Å². The van der Waals surface area contributed by atoms with Gasteiger partial charge in [-0.2, -0.15) is 9.41 Å². The first-order valence-electron chi connectivity index (χ1n) is 11.3. The molecule has 0 fully saturated rings. The number of benzene rings is 3. The molecule has 0 aromatic heterocycles. The van der Waals surface area contributed by atoms with Gasteiger partial charge in [-0.05, 0) is 47.9 Å². The third-order valence-electron chi connectivity index (χ3n) is 5.14. The van der Waals surface area contributed by atoms with Crippen molar-refractivity contribution in [1.82, 2.24) is 9.73 Å². The number of carbonyl (C=O) groups is 1. The molecular weight excluding hydrogens is 478 g/mol.